The Morgan fingerprint density at radius 2 is 2.33 bits per heavy atom. The average molecular weight is 205 g/mol. The number of hydrogen-bond acceptors (Lipinski definition) is 2. The maximum atomic E-state index is 5.64. The lowest BCUT2D eigenvalue weighted by molar-refractivity contribution is 0.270. The molecular formula is C13H19NO. The van der Waals surface area contributed by atoms with E-state index in [-0.39, 0.29) is 6.10 Å². The number of benzene rings is 1. The molecule has 1 atom stereocenters. The fourth-order valence-electron chi connectivity index (χ4n) is 1.26. The second-order valence-corrected chi connectivity index (χ2v) is 3.49. The van der Waals surface area contributed by atoms with E-state index in [1.165, 1.54) is 5.56 Å². The molecule has 0 amide bonds. The van der Waals surface area contributed by atoms with Crippen molar-refractivity contribution in [2.45, 2.75) is 26.5 Å². The van der Waals surface area contributed by atoms with Crippen LogP contribution in [0.3, 0.4) is 0 Å². The molecule has 1 rings (SSSR count). The van der Waals surface area contributed by atoms with Crippen molar-refractivity contribution in [2.75, 3.05) is 6.54 Å². The van der Waals surface area contributed by atoms with Gasteiger partial charge in [-0.15, -0.1) is 0 Å². The largest absolute Gasteiger partial charge is 0.487 e. The summed E-state index contributed by atoms with van der Waals surface area (Å²) in [6.07, 6.45) is 1.84. The summed E-state index contributed by atoms with van der Waals surface area (Å²) in [5, 5.41) is 3.28. The zero-order valence-electron chi connectivity index (χ0n) is 9.49. The number of hydrogen-bond donors (Lipinski definition) is 1. The molecule has 0 aliphatic rings. The molecule has 0 aliphatic heterocycles. The number of nitrogens with one attached hydrogen (secondary N) is 1. The summed E-state index contributed by atoms with van der Waals surface area (Å²) in [5.41, 5.74) is 1.24. The van der Waals surface area contributed by atoms with Crippen LogP contribution in [0.2, 0.25) is 0 Å². The topological polar surface area (TPSA) is 21.3 Å². The molecule has 2 nitrogen and oxygen atoms in total. The molecule has 0 aliphatic carbocycles. The molecule has 0 saturated carbocycles. The lowest BCUT2D eigenvalue weighted by Crippen LogP contribution is -2.12. The summed E-state index contributed by atoms with van der Waals surface area (Å²) in [4.78, 5) is 0. The first-order valence-corrected chi connectivity index (χ1v) is 5.35. The predicted molar refractivity (Wildman–Crippen MR) is 64.1 cm³/mol. The van der Waals surface area contributed by atoms with Gasteiger partial charge in [-0.05, 0) is 31.2 Å². The highest BCUT2D eigenvalue weighted by molar-refractivity contribution is 5.28. The van der Waals surface area contributed by atoms with Gasteiger partial charge in [0.15, 0.2) is 0 Å². The molecular weight excluding hydrogens is 186 g/mol. The van der Waals surface area contributed by atoms with Crippen LogP contribution in [0, 0.1) is 0 Å². The van der Waals surface area contributed by atoms with Crippen molar-refractivity contribution in [1.29, 1.82) is 0 Å². The summed E-state index contributed by atoms with van der Waals surface area (Å²) in [6.45, 7) is 9.63. The Labute approximate surface area is 92.0 Å². The van der Waals surface area contributed by atoms with Crippen LogP contribution >= 0.6 is 0 Å². The van der Waals surface area contributed by atoms with Gasteiger partial charge in [0.2, 0.25) is 0 Å². The molecule has 2 heteroatoms. The van der Waals surface area contributed by atoms with Crippen molar-refractivity contribution in [3.05, 3.63) is 42.5 Å². The van der Waals surface area contributed by atoms with Gasteiger partial charge in [-0.25, -0.2) is 0 Å². The lowest BCUT2D eigenvalue weighted by atomic mass is 10.2. The van der Waals surface area contributed by atoms with E-state index in [1.807, 2.05) is 19.1 Å². The fourth-order valence-corrected chi connectivity index (χ4v) is 1.26. The molecule has 82 valence electrons. The minimum absolute atomic E-state index is 0.0550. The molecule has 1 aromatic rings. The Kier molecular flexibility index (Phi) is 4.91. The highest BCUT2D eigenvalue weighted by Gasteiger charge is 1.99. The van der Waals surface area contributed by atoms with Crippen LogP contribution in [-0.4, -0.2) is 12.6 Å². The Hall–Kier alpha value is -1.28. The van der Waals surface area contributed by atoms with Crippen LogP contribution in [-0.2, 0) is 6.54 Å². The van der Waals surface area contributed by atoms with Gasteiger partial charge < -0.3 is 10.1 Å². The number of rotatable bonds is 6. The van der Waals surface area contributed by atoms with Gasteiger partial charge >= 0.3 is 0 Å². The van der Waals surface area contributed by atoms with Crippen LogP contribution in [0.15, 0.2) is 36.9 Å². The van der Waals surface area contributed by atoms with E-state index >= 15 is 0 Å². The van der Waals surface area contributed by atoms with E-state index in [4.69, 9.17) is 4.74 Å². The van der Waals surface area contributed by atoms with Crippen molar-refractivity contribution < 1.29 is 4.74 Å². The zero-order valence-corrected chi connectivity index (χ0v) is 9.49. The van der Waals surface area contributed by atoms with Crippen molar-refractivity contribution in [1.82, 2.24) is 5.32 Å². The Morgan fingerprint density at radius 1 is 1.53 bits per heavy atom. The first-order valence-electron chi connectivity index (χ1n) is 5.35. The number of ether oxygens (including phenoxy) is 1. The highest BCUT2D eigenvalue weighted by atomic mass is 16.5. The van der Waals surface area contributed by atoms with Crippen molar-refractivity contribution in [3.63, 3.8) is 0 Å². The van der Waals surface area contributed by atoms with E-state index in [0.29, 0.717) is 0 Å². The molecule has 1 unspecified atom stereocenters. The SMILES string of the molecule is C=CC(C)Oc1cccc(CNCC)c1. The van der Waals surface area contributed by atoms with E-state index in [9.17, 15) is 0 Å². The quantitative estimate of drug-likeness (QED) is 0.721. The van der Waals surface area contributed by atoms with Gasteiger partial charge in [0.1, 0.15) is 11.9 Å². The molecule has 0 aromatic heterocycles. The van der Waals surface area contributed by atoms with Crippen LogP contribution in [0.5, 0.6) is 5.75 Å². The molecule has 15 heavy (non-hydrogen) atoms. The Balaban J connectivity index is 2.61. The molecule has 0 bridgehead atoms. The average Bonchev–Trinajstić information content (AvgIpc) is 2.26. The third kappa shape index (κ3) is 4.17. The highest BCUT2D eigenvalue weighted by Crippen LogP contribution is 2.15. The van der Waals surface area contributed by atoms with Gasteiger partial charge in [0, 0.05) is 6.54 Å². The summed E-state index contributed by atoms with van der Waals surface area (Å²) in [6, 6.07) is 8.13. The van der Waals surface area contributed by atoms with Crippen molar-refractivity contribution in [3.8, 4) is 5.75 Å². The van der Waals surface area contributed by atoms with Crippen LogP contribution < -0.4 is 10.1 Å². The zero-order chi connectivity index (χ0) is 11.1. The maximum Gasteiger partial charge on any atom is 0.120 e. The molecule has 0 heterocycles. The van der Waals surface area contributed by atoms with Gasteiger partial charge in [-0.1, -0.05) is 31.7 Å². The minimum atomic E-state index is 0.0550. The fraction of sp³-hybridized carbons (Fsp3) is 0.385. The maximum absolute atomic E-state index is 5.64. The van der Waals surface area contributed by atoms with E-state index in [2.05, 4.69) is 31.0 Å². The molecule has 1 aromatic carbocycles. The van der Waals surface area contributed by atoms with Crippen molar-refractivity contribution >= 4 is 0 Å². The van der Waals surface area contributed by atoms with Crippen molar-refractivity contribution in [2.24, 2.45) is 0 Å². The van der Waals surface area contributed by atoms with Gasteiger partial charge in [0.25, 0.3) is 0 Å². The minimum Gasteiger partial charge on any atom is -0.487 e. The third-order valence-corrected chi connectivity index (χ3v) is 2.13. The normalized spacial score (nSPS) is 12.1. The monoisotopic (exact) mass is 205 g/mol. The molecule has 1 N–H and O–H groups in total. The Bertz CT molecular complexity index is 309. The van der Waals surface area contributed by atoms with E-state index in [0.717, 1.165) is 18.8 Å². The van der Waals surface area contributed by atoms with Gasteiger partial charge in [-0.2, -0.15) is 0 Å². The predicted octanol–water partition coefficient (Wildman–Crippen LogP) is 2.75. The smallest absolute Gasteiger partial charge is 0.120 e. The lowest BCUT2D eigenvalue weighted by Gasteiger charge is -2.11. The standard InChI is InChI=1S/C13H19NO/c1-4-11(3)15-13-8-6-7-12(9-13)10-14-5-2/h4,6-9,11,14H,1,5,10H2,2-3H3. The van der Waals surface area contributed by atoms with Crippen LogP contribution in [0.25, 0.3) is 0 Å². The summed E-state index contributed by atoms with van der Waals surface area (Å²) in [7, 11) is 0. The first kappa shape index (κ1) is 11.8. The molecule has 0 radical (unpaired) electrons. The second kappa shape index (κ2) is 6.25. The summed E-state index contributed by atoms with van der Waals surface area (Å²) >= 11 is 0. The van der Waals surface area contributed by atoms with E-state index in [1.54, 1.807) is 6.08 Å². The Morgan fingerprint density at radius 3 is 3.00 bits per heavy atom. The van der Waals surface area contributed by atoms with Crippen LogP contribution in [0.1, 0.15) is 19.4 Å². The molecule has 0 spiro atoms. The molecule has 0 saturated heterocycles. The second-order valence-electron chi connectivity index (χ2n) is 3.49. The third-order valence-electron chi connectivity index (χ3n) is 2.13. The van der Waals surface area contributed by atoms with Gasteiger partial charge in [0.05, 0.1) is 0 Å². The van der Waals surface area contributed by atoms with Gasteiger partial charge in [-0.3, -0.25) is 0 Å². The summed E-state index contributed by atoms with van der Waals surface area (Å²) < 4.78 is 5.64. The van der Waals surface area contributed by atoms with Crippen LogP contribution in [0.4, 0.5) is 0 Å². The van der Waals surface area contributed by atoms with E-state index < -0.39 is 0 Å². The first-order chi connectivity index (χ1) is 7.26. The summed E-state index contributed by atoms with van der Waals surface area (Å²) in [5.74, 6) is 0.901. The molecule has 0 fully saturated rings.